The summed E-state index contributed by atoms with van der Waals surface area (Å²) in [4.78, 5) is 0.688. The van der Waals surface area contributed by atoms with E-state index < -0.39 is 10.1 Å². The molecule has 5 heteroatoms. The number of rotatable bonds is 2. The minimum absolute atomic E-state index is 0.0170. The van der Waals surface area contributed by atoms with E-state index in [0.29, 0.717) is 4.90 Å². The lowest BCUT2D eigenvalue weighted by atomic mass is 10.4. The zero-order valence-corrected chi connectivity index (χ0v) is 9.02. The van der Waals surface area contributed by atoms with Gasteiger partial charge in [-0.25, -0.2) is 0 Å². The van der Waals surface area contributed by atoms with Crippen LogP contribution in [-0.2, 0) is 21.0 Å². The number of hydrogen-bond acceptors (Lipinski definition) is 2. The summed E-state index contributed by atoms with van der Waals surface area (Å²) in [6.07, 6.45) is 3.81. The lowest BCUT2D eigenvalue weighted by Gasteiger charge is -2.01. The Labute approximate surface area is 80.9 Å². The van der Waals surface area contributed by atoms with Crippen LogP contribution in [0.2, 0.25) is 0 Å². The summed E-state index contributed by atoms with van der Waals surface area (Å²) < 4.78 is 30.7. The highest BCUT2D eigenvalue weighted by molar-refractivity contribution is 7.96. The smallest absolute Gasteiger partial charge is 0.282 e. The molecule has 13 heavy (non-hydrogen) atoms. The molecule has 0 aliphatic carbocycles. The topological polar surface area (TPSA) is 54.4 Å². The average Bonchev–Trinajstić information content (AvgIpc) is 2.03. The summed E-state index contributed by atoms with van der Waals surface area (Å²) in [7, 11) is -4.25. The van der Waals surface area contributed by atoms with Crippen molar-refractivity contribution < 1.29 is 13.0 Å². The largest absolute Gasteiger partial charge is 0.299 e. The van der Waals surface area contributed by atoms with Crippen molar-refractivity contribution in [3.63, 3.8) is 0 Å². The third kappa shape index (κ3) is 2.46. The van der Waals surface area contributed by atoms with Gasteiger partial charge in [0.05, 0.1) is 0 Å². The van der Waals surface area contributed by atoms with E-state index in [1.54, 1.807) is 18.2 Å². The Morgan fingerprint density at radius 3 is 2.15 bits per heavy atom. The van der Waals surface area contributed by atoms with Gasteiger partial charge in [-0.15, -0.1) is 0 Å². The number of hydrogen-bond donors (Lipinski definition) is 1. The molecule has 0 aliphatic rings. The first-order valence-electron chi connectivity index (χ1n) is 3.57. The monoisotopic (exact) mass is 219 g/mol. The van der Waals surface area contributed by atoms with Crippen LogP contribution in [0.15, 0.2) is 34.1 Å². The normalized spacial score (nSPS) is 12.0. The van der Waals surface area contributed by atoms with Crippen LogP contribution >= 0.6 is 0 Å². The van der Waals surface area contributed by atoms with Crippen molar-refractivity contribution >= 4 is 21.0 Å². The van der Waals surface area contributed by atoms with Crippen molar-refractivity contribution in [2.24, 2.45) is 0 Å². The molecule has 0 unspecified atom stereocenters. The zero-order valence-electron chi connectivity index (χ0n) is 7.39. The van der Waals surface area contributed by atoms with Gasteiger partial charge in [0.2, 0.25) is 0 Å². The minimum Gasteiger partial charge on any atom is -0.282 e. The van der Waals surface area contributed by atoms with Crippen LogP contribution in [0.1, 0.15) is 0 Å². The molecule has 72 valence electrons. The molecule has 0 saturated heterocycles. The molecule has 0 saturated carbocycles. The molecule has 1 N–H and O–H groups in total. The summed E-state index contributed by atoms with van der Waals surface area (Å²) in [6, 6.07) is 6.49. The first-order chi connectivity index (χ1) is 5.93. The van der Waals surface area contributed by atoms with Crippen LogP contribution in [0, 0.1) is 0 Å². The summed E-state index contributed by atoms with van der Waals surface area (Å²) >= 11 is 0. The Balaban J connectivity index is 3.37. The lowest BCUT2D eigenvalue weighted by molar-refractivity contribution is 0.481. The van der Waals surface area contributed by atoms with Gasteiger partial charge < -0.3 is 0 Å². The Hall–Kier alpha value is -0.520. The Morgan fingerprint density at radius 1 is 1.23 bits per heavy atom. The summed E-state index contributed by atoms with van der Waals surface area (Å²) in [5.74, 6) is 0. The van der Waals surface area contributed by atoms with Crippen LogP contribution in [0.5, 0.6) is 0 Å². The fraction of sp³-hybridized carbons (Fsp3) is 0.250. The number of benzene rings is 1. The van der Waals surface area contributed by atoms with Gasteiger partial charge in [0.25, 0.3) is 10.1 Å². The summed E-state index contributed by atoms with van der Waals surface area (Å²) in [6.45, 7) is 0. The second-order valence-electron chi connectivity index (χ2n) is 2.74. The quantitative estimate of drug-likeness (QED) is 0.600. The van der Waals surface area contributed by atoms with Gasteiger partial charge in [-0.05, 0) is 12.1 Å². The Kier molecular flexibility index (Phi) is 3.00. The molecule has 0 amide bonds. The third-order valence-electron chi connectivity index (χ3n) is 1.57. The predicted molar refractivity (Wildman–Crippen MR) is 53.7 cm³/mol. The summed E-state index contributed by atoms with van der Waals surface area (Å²) in [5, 5.41) is 0. The van der Waals surface area contributed by atoms with Crippen LogP contribution < -0.4 is 0 Å². The second kappa shape index (κ2) is 3.69. The van der Waals surface area contributed by atoms with Gasteiger partial charge in [0, 0.05) is 10.9 Å². The van der Waals surface area contributed by atoms with Crippen LogP contribution in [0.3, 0.4) is 0 Å². The molecule has 1 rings (SSSR count). The third-order valence-corrected chi connectivity index (χ3v) is 3.84. The molecule has 0 heterocycles. The first kappa shape index (κ1) is 10.6. The van der Waals surface area contributed by atoms with Gasteiger partial charge in [-0.1, -0.05) is 12.1 Å². The highest BCUT2D eigenvalue weighted by Crippen LogP contribution is 2.19. The van der Waals surface area contributed by atoms with Gasteiger partial charge >= 0.3 is 0 Å². The van der Waals surface area contributed by atoms with E-state index in [4.69, 9.17) is 4.55 Å². The average molecular weight is 219 g/mol. The SMILES string of the molecule is C[S+](C)c1ccccc1S(=O)(=O)O. The molecule has 1 aromatic rings. The van der Waals surface area contributed by atoms with E-state index in [1.165, 1.54) is 6.07 Å². The highest BCUT2D eigenvalue weighted by atomic mass is 32.2. The van der Waals surface area contributed by atoms with Gasteiger partial charge in [0.1, 0.15) is 17.4 Å². The van der Waals surface area contributed by atoms with Gasteiger partial charge in [-0.3, -0.25) is 4.55 Å². The fourth-order valence-electron chi connectivity index (χ4n) is 1.00. The Bertz CT molecular complexity index is 396. The van der Waals surface area contributed by atoms with E-state index in [-0.39, 0.29) is 15.8 Å². The van der Waals surface area contributed by atoms with E-state index in [2.05, 4.69) is 0 Å². The Morgan fingerprint density at radius 2 is 1.77 bits per heavy atom. The molecule has 0 atom stereocenters. The van der Waals surface area contributed by atoms with Gasteiger partial charge in [0.15, 0.2) is 4.90 Å². The maximum absolute atomic E-state index is 10.9. The molecular weight excluding hydrogens is 208 g/mol. The molecule has 0 fully saturated rings. The van der Waals surface area contributed by atoms with E-state index in [0.717, 1.165) is 0 Å². The van der Waals surface area contributed by atoms with Gasteiger partial charge in [-0.2, -0.15) is 8.42 Å². The predicted octanol–water partition coefficient (Wildman–Crippen LogP) is 1.17. The molecule has 3 nitrogen and oxygen atoms in total. The maximum Gasteiger partial charge on any atom is 0.299 e. The van der Waals surface area contributed by atoms with Crippen LogP contribution in [0.25, 0.3) is 0 Å². The molecule has 0 bridgehead atoms. The van der Waals surface area contributed by atoms with E-state index in [1.807, 2.05) is 12.5 Å². The first-order valence-corrected chi connectivity index (χ1v) is 7.05. The van der Waals surface area contributed by atoms with Crippen molar-refractivity contribution in [2.75, 3.05) is 12.5 Å². The highest BCUT2D eigenvalue weighted by Gasteiger charge is 2.22. The maximum atomic E-state index is 10.9. The van der Waals surface area contributed by atoms with E-state index in [9.17, 15) is 8.42 Å². The lowest BCUT2D eigenvalue weighted by Crippen LogP contribution is -2.06. The molecule has 1 aromatic carbocycles. The van der Waals surface area contributed by atoms with Crippen LogP contribution in [0.4, 0.5) is 0 Å². The summed E-state index contributed by atoms with van der Waals surface area (Å²) in [5.41, 5.74) is 0. The minimum atomic E-state index is -4.07. The van der Waals surface area contributed by atoms with Crippen molar-refractivity contribution in [3.05, 3.63) is 24.3 Å². The van der Waals surface area contributed by atoms with Crippen molar-refractivity contribution in [2.45, 2.75) is 9.79 Å². The fourth-order valence-corrected chi connectivity index (χ4v) is 3.21. The van der Waals surface area contributed by atoms with E-state index >= 15 is 0 Å². The molecule has 0 spiro atoms. The van der Waals surface area contributed by atoms with Crippen LogP contribution in [-0.4, -0.2) is 25.5 Å². The van der Waals surface area contributed by atoms with Crippen molar-refractivity contribution in [1.82, 2.24) is 0 Å². The van der Waals surface area contributed by atoms with Crippen molar-refractivity contribution in [3.8, 4) is 0 Å². The molecular formula is C8H11O3S2+. The molecule has 0 aliphatic heterocycles. The standard InChI is InChI=1S/C8H10O3S2/c1-12(2)7-5-3-4-6-8(7)13(9,10)11/h3-6H,1-2H3/p+1. The molecule has 0 radical (unpaired) electrons. The van der Waals surface area contributed by atoms with Crippen molar-refractivity contribution in [1.29, 1.82) is 0 Å². The molecule has 0 aromatic heterocycles. The second-order valence-corrected chi connectivity index (χ2v) is 6.20. The zero-order chi connectivity index (χ0) is 10.1.